The van der Waals surface area contributed by atoms with Gasteiger partial charge in [0.25, 0.3) is 0 Å². The number of hydrogen-bond donors (Lipinski definition) is 0. The summed E-state index contributed by atoms with van der Waals surface area (Å²) in [5.41, 5.74) is 0. The second-order valence-corrected chi connectivity index (χ2v) is 8.36. The monoisotopic (exact) mass is 324 g/mol. The van der Waals surface area contributed by atoms with E-state index in [9.17, 15) is 0 Å². The van der Waals surface area contributed by atoms with Crippen LogP contribution in [0, 0.1) is 11.8 Å². The molecule has 0 aliphatic carbocycles. The van der Waals surface area contributed by atoms with Gasteiger partial charge in [-0.3, -0.25) is 0 Å². The molecule has 0 aromatic heterocycles. The first-order chi connectivity index (χ1) is 11.0. The van der Waals surface area contributed by atoms with Gasteiger partial charge in [0.15, 0.2) is 0 Å². The summed E-state index contributed by atoms with van der Waals surface area (Å²) in [6.45, 7) is 21.1. The Balaban J connectivity index is 1.55. The van der Waals surface area contributed by atoms with Crippen LogP contribution in [-0.2, 0) is 0 Å². The molecule has 0 bridgehead atoms. The zero-order valence-corrected chi connectivity index (χ0v) is 16.1. The zero-order chi connectivity index (χ0) is 16.7. The maximum atomic E-state index is 2.69. The predicted molar refractivity (Wildman–Crippen MR) is 100 cm³/mol. The van der Waals surface area contributed by atoms with Crippen molar-refractivity contribution in [2.75, 3.05) is 79.0 Å². The van der Waals surface area contributed by atoms with E-state index in [1.54, 1.807) is 0 Å². The molecule has 1 unspecified atom stereocenters. The third kappa shape index (κ3) is 7.51. The average molecular weight is 325 g/mol. The summed E-state index contributed by atoms with van der Waals surface area (Å²) in [4.78, 5) is 10.4. The van der Waals surface area contributed by atoms with Crippen molar-refractivity contribution in [3.05, 3.63) is 0 Å². The lowest BCUT2D eigenvalue weighted by Crippen LogP contribution is -2.48. The molecule has 0 amide bonds. The first-order valence-electron chi connectivity index (χ1n) is 9.88. The van der Waals surface area contributed by atoms with Crippen molar-refractivity contribution in [3.8, 4) is 0 Å². The van der Waals surface area contributed by atoms with E-state index in [1.807, 2.05) is 0 Å². The van der Waals surface area contributed by atoms with E-state index >= 15 is 0 Å². The minimum absolute atomic E-state index is 0.830. The van der Waals surface area contributed by atoms with Crippen molar-refractivity contribution >= 4 is 0 Å². The van der Waals surface area contributed by atoms with Crippen LogP contribution in [0.5, 0.6) is 0 Å². The first kappa shape index (κ1) is 19.2. The summed E-state index contributed by atoms with van der Waals surface area (Å²) in [5, 5.41) is 0. The Kier molecular flexibility index (Phi) is 8.31. The van der Waals surface area contributed by atoms with Crippen molar-refractivity contribution < 1.29 is 0 Å². The van der Waals surface area contributed by atoms with Gasteiger partial charge in [-0.15, -0.1) is 0 Å². The summed E-state index contributed by atoms with van der Waals surface area (Å²) >= 11 is 0. The van der Waals surface area contributed by atoms with E-state index in [4.69, 9.17) is 0 Å². The number of hydrogen-bond acceptors (Lipinski definition) is 4. The van der Waals surface area contributed by atoms with E-state index < -0.39 is 0 Å². The van der Waals surface area contributed by atoms with Crippen LogP contribution in [0.3, 0.4) is 0 Å². The second kappa shape index (κ2) is 9.97. The minimum atomic E-state index is 0.830. The smallest absolute Gasteiger partial charge is 0.0110 e. The van der Waals surface area contributed by atoms with Gasteiger partial charge in [0, 0.05) is 58.9 Å². The third-order valence-corrected chi connectivity index (χ3v) is 5.59. The SMILES string of the molecule is CC(C)CCN1CCN(CC(C)CCN2CCN(C)CC2)CC1. The van der Waals surface area contributed by atoms with Gasteiger partial charge >= 0.3 is 0 Å². The molecule has 2 rings (SSSR count). The molecular weight excluding hydrogens is 284 g/mol. The number of rotatable bonds is 8. The molecule has 2 heterocycles. The molecule has 0 N–H and O–H groups in total. The van der Waals surface area contributed by atoms with Gasteiger partial charge in [0.05, 0.1) is 0 Å². The molecule has 4 heteroatoms. The van der Waals surface area contributed by atoms with E-state index in [0.29, 0.717) is 0 Å². The molecule has 0 aromatic rings. The Hall–Kier alpha value is -0.160. The molecule has 0 saturated carbocycles. The fourth-order valence-corrected chi connectivity index (χ4v) is 3.64. The van der Waals surface area contributed by atoms with Gasteiger partial charge < -0.3 is 19.6 Å². The van der Waals surface area contributed by atoms with Crippen LogP contribution in [0.1, 0.15) is 33.6 Å². The van der Waals surface area contributed by atoms with Crippen molar-refractivity contribution in [3.63, 3.8) is 0 Å². The quantitative estimate of drug-likeness (QED) is 0.676. The van der Waals surface area contributed by atoms with Crippen LogP contribution < -0.4 is 0 Å². The summed E-state index contributed by atoms with van der Waals surface area (Å²) in [6.07, 6.45) is 2.71. The molecule has 136 valence electrons. The first-order valence-corrected chi connectivity index (χ1v) is 9.88. The van der Waals surface area contributed by atoms with Gasteiger partial charge in [0.1, 0.15) is 0 Å². The summed E-state index contributed by atoms with van der Waals surface area (Å²) < 4.78 is 0. The Bertz CT molecular complexity index is 304. The number of nitrogens with zero attached hydrogens (tertiary/aromatic N) is 4. The largest absolute Gasteiger partial charge is 0.304 e. The number of piperazine rings is 2. The van der Waals surface area contributed by atoms with E-state index in [-0.39, 0.29) is 0 Å². The Morgan fingerprint density at radius 2 is 1.13 bits per heavy atom. The van der Waals surface area contributed by atoms with Crippen LogP contribution in [-0.4, -0.2) is 98.6 Å². The maximum Gasteiger partial charge on any atom is 0.0110 e. The van der Waals surface area contributed by atoms with Crippen LogP contribution >= 0.6 is 0 Å². The summed E-state index contributed by atoms with van der Waals surface area (Å²) in [5.74, 6) is 1.67. The maximum absolute atomic E-state index is 2.69. The predicted octanol–water partition coefficient (Wildman–Crippen LogP) is 1.92. The standard InChI is InChI=1S/C19H40N4/c1-18(2)5-7-21-13-15-23(16-14-21)17-19(3)6-8-22-11-9-20(4)10-12-22/h18-19H,5-17H2,1-4H3. The molecule has 0 radical (unpaired) electrons. The lowest BCUT2D eigenvalue weighted by Gasteiger charge is -2.37. The highest BCUT2D eigenvalue weighted by Gasteiger charge is 2.19. The summed E-state index contributed by atoms with van der Waals surface area (Å²) in [6, 6.07) is 0. The van der Waals surface area contributed by atoms with Crippen molar-refractivity contribution in [1.29, 1.82) is 0 Å². The van der Waals surface area contributed by atoms with E-state index in [1.165, 1.54) is 84.8 Å². The Morgan fingerprint density at radius 1 is 0.652 bits per heavy atom. The molecule has 0 aromatic carbocycles. The topological polar surface area (TPSA) is 13.0 Å². The van der Waals surface area contributed by atoms with E-state index in [2.05, 4.69) is 47.4 Å². The highest BCUT2D eigenvalue weighted by atomic mass is 15.3. The molecule has 23 heavy (non-hydrogen) atoms. The third-order valence-electron chi connectivity index (χ3n) is 5.59. The lowest BCUT2D eigenvalue weighted by molar-refractivity contribution is 0.107. The fraction of sp³-hybridized carbons (Fsp3) is 1.00. The van der Waals surface area contributed by atoms with Gasteiger partial charge in [-0.1, -0.05) is 20.8 Å². The fourth-order valence-electron chi connectivity index (χ4n) is 3.64. The van der Waals surface area contributed by atoms with Gasteiger partial charge in [-0.2, -0.15) is 0 Å². The van der Waals surface area contributed by atoms with Crippen molar-refractivity contribution in [2.24, 2.45) is 11.8 Å². The highest BCUT2D eigenvalue weighted by molar-refractivity contribution is 4.75. The Labute approximate surface area is 144 Å². The molecule has 0 spiro atoms. The second-order valence-electron chi connectivity index (χ2n) is 8.36. The summed E-state index contributed by atoms with van der Waals surface area (Å²) in [7, 11) is 2.24. The molecule has 2 aliphatic heterocycles. The normalized spacial score (nSPS) is 24.4. The highest BCUT2D eigenvalue weighted by Crippen LogP contribution is 2.11. The van der Waals surface area contributed by atoms with Gasteiger partial charge in [-0.25, -0.2) is 0 Å². The molecule has 2 aliphatic rings. The number of likely N-dealkylation sites (N-methyl/N-ethyl adjacent to an activating group) is 1. The van der Waals surface area contributed by atoms with Crippen LogP contribution in [0.2, 0.25) is 0 Å². The van der Waals surface area contributed by atoms with E-state index in [0.717, 1.165) is 11.8 Å². The van der Waals surface area contributed by atoms with Crippen LogP contribution in [0.15, 0.2) is 0 Å². The lowest BCUT2D eigenvalue weighted by atomic mass is 10.1. The van der Waals surface area contributed by atoms with Crippen LogP contribution in [0.25, 0.3) is 0 Å². The molecule has 4 nitrogen and oxygen atoms in total. The Morgan fingerprint density at radius 3 is 1.70 bits per heavy atom. The molecule has 1 atom stereocenters. The zero-order valence-electron chi connectivity index (χ0n) is 16.1. The van der Waals surface area contributed by atoms with Gasteiger partial charge in [-0.05, 0) is 44.8 Å². The van der Waals surface area contributed by atoms with Crippen molar-refractivity contribution in [1.82, 2.24) is 19.6 Å². The average Bonchev–Trinajstić information content (AvgIpc) is 2.53. The molecular formula is C19H40N4. The van der Waals surface area contributed by atoms with Crippen molar-refractivity contribution in [2.45, 2.75) is 33.6 Å². The molecule has 2 saturated heterocycles. The molecule has 2 fully saturated rings. The van der Waals surface area contributed by atoms with Crippen LogP contribution in [0.4, 0.5) is 0 Å². The van der Waals surface area contributed by atoms with Gasteiger partial charge in [0.2, 0.25) is 0 Å². The minimum Gasteiger partial charge on any atom is -0.304 e.